The molecule has 0 unspecified atom stereocenters. The van der Waals surface area contributed by atoms with Gasteiger partial charge in [-0.1, -0.05) is 28.1 Å². The number of methoxy groups -OCH3 is 1. The molecule has 2 aromatic rings. The van der Waals surface area contributed by atoms with Crippen molar-refractivity contribution in [3.63, 3.8) is 0 Å². The number of carbonyl (C=O) groups is 1. The molecule has 0 N–H and O–H groups in total. The van der Waals surface area contributed by atoms with Gasteiger partial charge in [-0.15, -0.1) is 0 Å². The lowest BCUT2D eigenvalue weighted by atomic mass is 10.1. The lowest BCUT2D eigenvalue weighted by molar-refractivity contribution is 0.0992. The van der Waals surface area contributed by atoms with Gasteiger partial charge in [-0.05, 0) is 42.8 Å². The first kappa shape index (κ1) is 14.6. The Labute approximate surface area is 127 Å². The predicted octanol–water partition coefficient (Wildman–Crippen LogP) is 4.04. The van der Waals surface area contributed by atoms with Crippen molar-refractivity contribution in [2.24, 2.45) is 0 Å². The van der Waals surface area contributed by atoms with Gasteiger partial charge in [0.15, 0.2) is 0 Å². The number of carbonyl (C=O) groups excluding carboxylic acids is 1. The van der Waals surface area contributed by atoms with Crippen LogP contribution in [0, 0.1) is 6.92 Å². The van der Waals surface area contributed by atoms with E-state index < -0.39 is 0 Å². The van der Waals surface area contributed by atoms with Crippen LogP contribution < -0.4 is 9.64 Å². The lowest BCUT2D eigenvalue weighted by Crippen LogP contribution is -2.26. The summed E-state index contributed by atoms with van der Waals surface area (Å²) in [6, 6.07) is 13.0. The first-order valence-corrected chi connectivity index (χ1v) is 7.01. The topological polar surface area (TPSA) is 29.5 Å². The normalized spacial score (nSPS) is 10.2. The number of benzene rings is 2. The minimum Gasteiger partial charge on any atom is -0.495 e. The molecule has 20 heavy (non-hydrogen) atoms. The Hall–Kier alpha value is -1.81. The summed E-state index contributed by atoms with van der Waals surface area (Å²) < 4.78 is 6.29. The zero-order valence-corrected chi connectivity index (χ0v) is 13.3. The Balaban J connectivity index is 2.34. The monoisotopic (exact) mass is 333 g/mol. The second-order valence-electron chi connectivity index (χ2n) is 4.50. The lowest BCUT2D eigenvalue weighted by Gasteiger charge is -2.20. The molecule has 104 valence electrons. The van der Waals surface area contributed by atoms with Crippen molar-refractivity contribution in [1.29, 1.82) is 0 Å². The summed E-state index contributed by atoms with van der Waals surface area (Å²) in [5, 5.41) is 0. The van der Waals surface area contributed by atoms with E-state index in [4.69, 9.17) is 4.74 Å². The third-order valence-corrected chi connectivity index (χ3v) is 4.05. The molecule has 2 aromatic carbocycles. The number of hydrogen-bond donors (Lipinski definition) is 0. The van der Waals surface area contributed by atoms with Crippen molar-refractivity contribution >= 4 is 27.5 Å². The number of anilines is 1. The van der Waals surface area contributed by atoms with E-state index in [0.29, 0.717) is 11.3 Å². The molecule has 3 nitrogen and oxygen atoms in total. The van der Waals surface area contributed by atoms with Gasteiger partial charge < -0.3 is 9.64 Å². The number of aryl methyl sites for hydroxylation is 1. The van der Waals surface area contributed by atoms with Crippen LogP contribution in [0.5, 0.6) is 5.75 Å². The summed E-state index contributed by atoms with van der Waals surface area (Å²) in [6.07, 6.45) is 0. The number of ether oxygens (including phenoxy) is 1. The fraction of sp³-hybridized carbons (Fsp3) is 0.188. The van der Waals surface area contributed by atoms with E-state index in [1.54, 1.807) is 19.1 Å². The maximum atomic E-state index is 12.5. The highest BCUT2D eigenvalue weighted by molar-refractivity contribution is 9.10. The van der Waals surface area contributed by atoms with E-state index in [1.807, 2.05) is 49.4 Å². The summed E-state index contributed by atoms with van der Waals surface area (Å²) in [7, 11) is 3.35. The Morgan fingerprint density at radius 3 is 2.55 bits per heavy atom. The van der Waals surface area contributed by atoms with Crippen LogP contribution in [0.4, 0.5) is 5.69 Å². The van der Waals surface area contributed by atoms with Crippen LogP contribution in [0.3, 0.4) is 0 Å². The zero-order valence-electron chi connectivity index (χ0n) is 11.7. The summed E-state index contributed by atoms with van der Waals surface area (Å²) >= 11 is 3.44. The van der Waals surface area contributed by atoms with Crippen molar-refractivity contribution in [3.05, 3.63) is 58.1 Å². The Morgan fingerprint density at radius 2 is 1.90 bits per heavy atom. The summed E-state index contributed by atoms with van der Waals surface area (Å²) in [6.45, 7) is 1.96. The van der Waals surface area contributed by atoms with Gasteiger partial charge in [0.25, 0.3) is 5.91 Å². The quantitative estimate of drug-likeness (QED) is 0.848. The molecule has 0 fully saturated rings. The molecule has 0 aliphatic carbocycles. The van der Waals surface area contributed by atoms with Crippen LogP contribution in [-0.4, -0.2) is 20.1 Å². The first-order chi connectivity index (χ1) is 9.54. The molecule has 0 saturated carbocycles. The van der Waals surface area contributed by atoms with Gasteiger partial charge in [0, 0.05) is 17.1 Å². The molecule has 4 heteroatoms. The standard InChI is InChI=1S/C16H16BrNO2/c1-11-10-12(8-9-13(11)17)16(19)18(2)14-6-4-5-7-15(14)20-3/h4-10H,1-3H3. The molecule has 0 bridgehead atoms. The van der Waals surface area contributed by atoms with Crippen molar-refractivity contribution < 1.29 is 9.53 Å². The number of para-hydroxylation sites is 2. The minimum atomic E-state index is -0.0647. The van der Waals surface area contributed by atoms with Crippen molar-refractivity contribution in [1.82, 2.24) is 0 Å². The Kier molecular flexibility index (Phi) is 4.45. The molecular weight excluding hydrogens is 318 g/mol. The SMILES string of the molecule is COc1ccccc1N(C)C(=O)c1ccc(Br)c(C)c1. The molecule has 0 aromatic heterocycles. The summed E-state index contributed by atoms with van der Waals surface area (Å²) in [4.78, 5) is 14.1. The Morgan fingerprint density at radius 1 is 1.20 bits per heavy atom. The molecule has 0 aliphatic heterocycles. The van der Waals surface area contributed by atoms with Crippen molar-refractivity contribution in [2.45, 2.75) is 6.92 Å². The molecule has 0 saturated heterocycles. The minimum absolute atomic E-state index is 0.0647. The van der Waals surface area contributed by atoms with E-state index in [0.717, 1.165) is 15.7 Å². The van der Waals surface area contributed by atoms with E-state index in [1.165, 1.54) is 0 Å². The molecule has 0 spiro atoms. The van der Waals surface area contributed by atoms with Gasteiger partial charge in [-0.3, -0.25) is 4.79 Å². The number of hydrogen-bond acceptors (Lipinski definition) is 2. The predicted molar refractivity (Wildman–Crippen MR) is 84.6 cm³/mol. The molecule has 2 rings (SSSR count). The molecular formula is C16H16BrNO2. The fourth-order valence-electron chi connectivity index (χ4n) is 1.99. The number of amides is 1. The number of rotatable bonds is 3. The largest absolute Gasteiger partial charge is 0.495 e. The van der Waals surface area contributed by atoms with E-state index in [-0.39, 0.29) is 5.91 Å². The molecule has 0 radical (unpaired) electrons. The van der Waals surface area contributed by atoms with Crippen LogP contribution in [-0.2, 0) is 0 Å². The highest BCUT2D eigenvalue weighted by Gasteiger charge is 2.17. The fourth-order valence-corrected chi connectivity index (χ4v) is 2.23. The smallest absolute Gasteiger partial charge is 0.258 e. The van der Waals surface area contributed by atoms with Crippen LogP contribution in [0.1, 0.15) is 15.9 Å². The van der Waals surface area contributed by atoms with Crippen molar-refractivity contribution in [2.75, 3.05) is 19.1 Å². The summed E-state index contributed by atoms with van der Waals surface area (Å²) in [5.41, 5.74) is 2.43. The van der Waals surface area contributed by atoms with Gasteiger partial charge in [0.1, 0.15) is 5.75 Å². The summed E-state index contributed by atoms with van der Waals surface area (Å²) in [5.74, 6) is 0.613. The highest BCUT2D eigenvalue weighted by Crippen LogP contribution is 2.28. The third kappa shape index (κ3) is 2.85. The maximum Gasteiger partial charge on any atom is 0.258 e. The first-order valence-electron chi connectivity index (χ1n) is 6.22. The second kappa shape index (κ2) is 6.09. The molecule has 0 aliphatic rings. The average Bonchev–Trinajstić information content (AvgIpc) is 2.48. The number of halogens is 1. The van der Waals surface area contributed by atoms with E-state index in [9.17, 15) is 4.79 Å². The van der Waals surface area contributed by atoms with Crippen LogP contribution in [0.25, 0.3) is 0 Å². The third-order valence-electron chi connectivity index (χ3n) is 3.16. The second-order valence-corrected chi connectivity index (χ2v) is 5.35. The molecule has 1 amide bonds. The van der Waals surface area contributed by atoms with Gasteiger partial charge in [-0.2, -0.15) is 0 Å². The molecule has 0 heterocycles. The van der Waals surface area contributed by atoms with E-state index in [2.05, 4.69) is 15.9 Å². The zero-order chi connectivity index (χ0) is 14.7. The maximum absolute atomic E-state index is 12.5. The van der Waals surface area contributed by atoms with Crippen LogP contribution in [0.2, 0.25) is 0 Å². The number of nitrogens with zero attached hydrogens (tertiary/aromatic N) is 1. The van der Waals surface area contributed by atoms with Gasteiger partial charge >= 0.3 is 0 Å². The average molecular weight is 334 g/mol. The Bertz CT molecular complexity index is 640. The van der Waals surface area contributed by atoms with Crippen molar-refractivity contribution in [3.8, 4) is 5.75 Å². The van der Waals surface area contributed by atoms with E-state index >= 15 is 0 Å². The van der Waals surface area contributed by atoms with Gasteiger partial charge in [0.2, 0.25) is 0 Å². The van der Waals surface area contributed by atoms with Gasteiger partial charge in [-0.25, -0.2) is 0 Å². The van der Waals surface area contributed by atoms with Crippen LogP contribution in [0.15, 0.2) is 46.9 Å². The van der Waals surface area contributed by atoms with Crippen LogP contribution >= 0.6 is 15.9 Å². The van der Waals surface area contributed by atoms with Gasteiger partial charge in [0.05, 0.1) is 12.8 Å². The highest BCUT2D eigenvalue weighted by atomic mass is 79.9. The molecule has 0 atom stereocenters.